The average molecular weight is 375 g/mol. The van der Waals surface area contributed by atoms with Gasteiger partial charge in [0.1, 0.15) is 0 Å². The minimum atomic E-state index is 0.00199. The molecule has 2 aliphatic heterocycles. The van der Waals surface area contributed by atoms with Crippen molar-refractivity contribution in [3.8, 4) is 11.4 Å². The van der Waals surface area contributed by atoms with Gasteiger partial charge in [-0.1, -0.05) is 42.5 Å². The zero-order valence-corrected chi connectivity index (χ0v) is 15.9. The van der Waals surface area contributed by atoms with Crippen molar-refractivity contribution in [2.24, 2.45) is 11.3 Å². The summed E-state index contributed by atoms with van der Waals surface area (Å²) >= 11 is 0. The van der Waals surface area contributed by atoms with Gasteiger partial charge >= 0.3 is 0 Å². The molecule has 144 valence electrons. The SMILES string of the molecule is OC[C@]12CCOC[C@H]1CN(Cc1cnc(-c3cccc4ccccc34)nc1)C2. The average Bonchev–Trinajstić information content (AvgIpc) is 3.12. The van der Waals surface area contributed by atoms with Crippen molar-refractivity contribution < 1.29 is 9.84 Å². The van der Waals surface area contributed by atoms with E-state index >= 15 is 0 Å². The molecule has 0 spiro atoms. The third-order valence-electron chi connectivity index (χ3n) is 6.40. The van der Waals surface area contributed by atoms with E-state index in [2.05, 4.69) is 45.2 Å². The fourth-order valence-electron chi connectivity index (χ4n) is 4.79. The standard InChI is InChI=1S/C23H25N3O2/c27-16-23-8-9-28-14-19(23)13-26(15-23)12-17-10-24-22(25-11-17)21-7-3-5-18-4-1-2-6-20(18)21/h1-7,10-11,19,27H,8-9,12-16H2/t19-,23-/m1/s1. The first-order valence-electron chi connectivity index (χ1n) is 9.97. The molecule has 1 N–H and O–H groups in total. The summed E-state index contributed by atoms with van der Waals surface area (Å²) in [6.07, 6.45) is 4.82. The van der Waals surface area contributed by atoms with Gasteiger partial charge in [0.15, 0.2) is 5.82 Å². The Morgan fingerprint density at radius 3 is 2.75 bits per heavy atom. The maximum absolute atomic E-state index is 9.98. The molecule has 2 saturated heterocycles. The molecule has 0 bridgehead atoms. The molecule has 5 rings (SSSR count). The van der Waals surface area contributed by atoms with Crippen LogP contribution in [0.4, 0.5) is 0 Å². The number of ether oxygens (including phenoxy) is 1. The normalized spacial score (nSPS) is 25.1. The van der Waals surface area contributed by atoms with E-state index < -0.39 is 0 Å². The van der Waals surface area contributed by atoms with E-state index in [0.29, 0.717) is 5.92 Å². The van der Waals surface area contributed by atoms with Gasteiger partial charge in [0.2, 0.25) is 0 Å². The molecule has 2 aromatic carbocycles. The van der Waals surface area contributed by atoms with Gasteiger partial charge in [-0.2, -0.15) is 0 Å². The lowest BCUT2D eigenvalue weighted by atomic mass is 9.75. The molecular formula is C23H25N3O2. The highest BCUT2D eigenvalue weighted by atomic mass is 16.5. The molecule has 1 aromatic heterocycles. The van der Waals surface area contributed by atoms with E-state index in [4.69, 9.17) is 4.74 Å². The molecule has 0 aliphatic carbocycles. The van der Waals surface area contributed by atoms with E-state index in [1.807, 2.05) is 24.5 Å². The smallest absolute Gasteiger partial charge is 0.159 e. The summed E-state index contributed by atoms with van der Waals surface area (Å²) in [6, 6.07) is 14.6. The van der Waals surface area contributed by atoms with Crippen LogP contribution in [0.1, 0.15) is 12.0 Å². The van der Waals surface area contributed by atoms with Gasteiger partial charge in [0.05, 0.1) is 13.2 Å². The summed E-state index contributed by atoms with van der Waals surface area (Å²) in [5, 5.41) is 12.3. The van der Waals surface area contributed by atoms with Gasteiger partial charge in [-0.25, -0.2) is 9.97 Å². The fourth-order valence-corrected chi connectivity index (χ4v) is 4.79. The first kappa shape index (κ1) is 17.7. The molecule has 28 heavy (non-hydrogen) atoms. The number of fused-ring (bicyclic) bond motifs is 2. The quantitative estimate of drug-likeness (QED) is 0.759. The Morgan fingerprint density at radius 1 is 1.11 bits per heavy atom. The molecule has 0 radical (unpaired) electrons. The molecule has 3 aromatic rings. The predicted octanol–water partition coefficient (Wildman–Crippen LogP) is 3.13. The molecule has 2 fully saturated rings. The molecular weight excluding hydrogens is 350 g/mol. The maximum atomic E-state index is 9.98. The number of hydrogen-bond acceptors (Lipinski definition) is 5. The Balaban J connectivity index is 1.35. The first-order chi connectivity index (χ1) is 13.8. The second kappa shape index (κ2) is 7.24. The van der Waals surface area contributed by atoms with Gasteiger partial charge in [-0.05, 0) is 17.2 Å². The van der Waals surface area contributed by atoms with Crippen LogP contribution in [0.15, 0.2) is 54.9 Å². The predicted molar refractivity (Wildman–Crippen MR) is 109 cm³/mol. The largest absolute Gasteiger partial charge is 0.396 e. The number of hydrogen-bond donors (Lipinski definition) is 1. The lowest BCUT2D eigenvalue weighted by Crippen LogP contribution is -2.41. The van der Waals surface area contributed by atoms with E-state index in [1.54, 1.807) is 0 Å². The Hall–Kier alpha value is -2.34. The molecule has 2 aliphatic rings. The molecule has 5 heteroatoms. The fraction of sp³-hybridized carbons (Fsp3) is 0.391. The van der Waals surface area contributed by atoms with Crippen molar-refractivity contribution in [2.45, 2.75) is 13.0 Å². The summed E-state index contributed by atoms with van der Waals surface area (Å²) in [5.74, 6) is 1.18. The Bertz CT molecular complexity index is 970. The third kappa shape index (κ3) is 3.09. The van der Waals surface area contributed by atoms with Crippen LogP contribution in [-0.4, -0.2) is 52.9 Å². The van der Waals surface area contributed by atoms with Crippen molar-refractivity contribution in [2.75, 3.05) is 32.9 Å². The molecule has 5 nitrogen and oxygen atoms in total. The van der Waals surface area contributed by atoms with Crippen LogP contribution in [0.25, 0.3) is 22.2 Å². The van der Waals surface area contributed by atoms with Crippen molar-refractivity contribution in [3.05, 3.63) is 60.4 Å². The topological polar surface area (TPSA) is 58.5 Å². The second-order valence-electron chi connectivity index (χ2n) is 8.15. The summed E-state index contributed by atoms with van der Waals surface area (Å²) in [5.41, 5.74) is 2.17. The minimum absolute atomic E-state index is 0.00199. The lowest BCUT2D eigenvalue weighted by molar-refractivity contribution is -0.0417. The molecule has 0 saturated carbocycles. The molecule has 3 heterocycles. The van der Waals surface area contributed by atoms with E-state index in [-0.39, 0.29) is 12.0 Å². The van der Waals surface area contributed by atoms with Gasteiger partial charge < -0.3 is 9.84 Å². The molecule has 0 unspecified atom stereocenters. The van der Waals surface area contributed by atoms with Crippen LogP contribution >= 0.6 is 0 Å². The van der Waals surface area contributed by atoms with Crippen LogP contribution in [-0.2, 0) is 11.3 Å². The van der Waals surface area contributed by atoms with E-state index in [9.17, 15) is 5.11 Å². The highest BCUT2D eigenvalue weighted by molar-refractivity contribution is 5.94. The summed E-state index contributed by atoms with van der Waals surface area (Å²) in [4.78, 5) is 11.7. The van der Waals surface area contributed by atoms with E-state index in [1.165, 1.54) is 10.8 Å². The van der Waals surface area contributed by atoms with Gasteiger partial charge in [-0.15, -0.1) is 0 Å². The van der Waals surface area contributed by atoms with Gasteiger partial charge in [-0.3, -0.25) is 4.90 Å². The van der Waals surface area contributed by atoms with Crippen LogP contribution in [0, 0.1) is 11.3 Å². The van der Waals surface area contributed by atoms with Crippen LogP contribution in [0.5, 0.6) is 0 Å². The second-order valence-corrected chi connectivity index (χ2v) is 8.15. The van der Waals surface area contributed by atoms with Crippen molar-refractivity contribution >= 4 is 10.8 Å². The number of rotatable bonds is 4. The van der Waals surface area contributed by atoms with Crippen molar-refractivity contribution in [1.82, 2.24) is 14.9 Å². The zero-order valence-electron chi connectivity index (χ0n) is 15.9. The highest BCUT2D eigenvalue weighted by Crippen LogP contribution is 2.42. The van der Waals surface area contributed by atoms with Crippen LogP contribution < -0.4 is 0 Å². The summed E-state index contributed by atoms with van der Waals surface area (Å²) in [6.45, 7) is 4.46. The van der Waals surface area contributed by atoms with Gasteiger partial charge in [0.25, 0.3) is 0 Å². The van der Waals surface area contributed by atoms with Gasteiger partial charge in [0, 0.05) is 61.1 Å². The summed E-state index contributed by atoms with van der Waals surface area (Å²) < 4.78 is 5.65. The van der Waals surface area contributed by atoms with Crippen molar-refractivity contribution in [3.63, 3.8) is 0 Å². The number of nitrogens with zero attached hydrogens (tertiary/aromatic N) is 3. The van der Waals surface area contributed by atoms with Crippen molar-refractivity contribution in [1.29, 1.82) is 0 Å². The number of likely N-dealkylation sites (tertiary alicyclic amines) is 1. The minimum Gasteiger partial charge on any atom is -0.396 e. The van der Waals surface area contributed by atoms with Crippen LogP contribution in [0.2, 0.25) is 0 Å². The summed E-state index contributed by atoms with van der Waals surface area (Å²) in [7, 11) is 0. The highest BCUT2D eigenvalue weighted by Gasteiger charge is 2.47. The number of aliphatic hydroxyl groups is 1. The van der Waals surface area contributed by atoms with E-state index in [0.717, 1.165) is 56.2 Å². The zero-order chi connectivity index (χ0) is 19.0. The molecule has 0 amide bonds. The Kier molecular flexibility index (Phi) is 4.59. The monoisotopic (exact) mass is 375 g/mol. The number of aliphatic hydroxyl groups excluding tert-OH is 1. The first-order valence-corrected chi connectivity index (χ1v) is 9.97. The molecule has 2 atom stereocenters. The third-order valence-corrected chi connectivity index (χ3v) is 6.40. The Morgan fingerprint density at radius 2 is 1.93 bits per heavy atom. The lowest BCUT2D eigenvalue weighted by Gasteiger charge is -2.36. The Labute approximate surface area is 165 Å². The maximum Gasteiger partial charge on any atom is 0.159 e. The van der Waals surface area contributed by atoms with Crippen LogP contribution in [0.3, 0.4) is 0 Å². The number of benzene rings is 2. The number of aromatic nitrogens is 2.